The van der Waals surface area contributed by atoms with E-state index in [1.165, 1.54) is 20.7 Å². The summed E-state index contributed by atoms with van der Waals surface area (Å²) in [5.74, 6) is 0. The predicted octanol–water partition coefficient (Wildman–Crippen LogP) is 1.76. The number of aromatic nitrogens is 5. The van der Waals surface area contributed by atoms with Crippen LogP contribution in [0, 0.1) is 0 Å². The van der Waals surface area contributed by atoms with Gasteiger partial charge in [-0.05, 0) is 32.4 Å². The van der Waals surface area contributed by atoms with Gasteiger partial charge >= 0.3 is 5.69 Å². The third kappa shape index (κ3) is 2.88. The van der Waals surface area contributed by atoms with Crippen LogP contribution in [-0.4, -0.2) is 24.8 Å². The summed E-state index contributed by atoms with van der Waals surface area (Å²) in [6.07, 6.45) is 0. The topological polar surface area (TPSA) is 74.8 Å². The van der Waals surface area contributed by atoms with Crippen LogP contribution in [0.2, 0.25) is 0 Å². The number of para-hydroxylation sites is 1. The number of nitrogens with zero attached hydrogens (tertiary/aromatic N) is 5. The van der Waals surface area contributed by atoms with Gasteiger partial charge < -0.3 is 4.74 Å². The van der Waals surface area contributed by atoms with Crippen molar-refractivity contribution in [2.45, 2.75) is 6.61 Å². The Balaban J connectivity index is 1.89. The highest BCUT2D eigenvalue weighted by Gasteiger charge is 2.11. The molecule has 1 aromatic carbocycles. The highest BCUT2D eigenvalue weighted by atomic mass is 79.9. The summed E-state index contributed by atoms with van der Waals surface area (Å²) in [5.41, 5.74) is 1.16. The lowest BCUT2D eigenvalue weighted by molar-refractivity contribution is 0.303. The van der Waals surface area contributed by atoms with Gasteiger partial charge in [0.2, 0.25) is 0 Å². The summed E-state index contributed by atoms with van der Waals surface area (Å²) >= 11 is 4.67. The molecule has 0 aliphatic rings. The molecule has 21 heavy (non-hydrogen) atoms. The number of hydrogen-bond donors (Lipinski definition) is 0. The molecular weight excluding hydrogens is 358 g/mol. The molecule has 0 saturated heterocycles. The summed E-state index contributed by atoms with van der Waals surface area (Å²) in [7, 11) is 1.55. The molecule has 2 aromatic heterocycles. The van der Waals surface area contributed by atoms with Crippen molar-refractivity contribution in [2.24, 2.45) is 7.05 Å². The normalized spacial score (nSPS) is 10.8. The van der Waals surface area contributed by atoms with Crippen LogP contribution in [0.4, 0.5) is 0 Å². The van der Waals surface area contributed by atoms with Crippen LogP contribution in [0.15, 0.2) is 39.0 Å². The summed E-state index contributed by atoms with van der Waals surface area (Å²) in [5, 5.41) is 9.96. The van der Waals surface area contributed by atoms with Gasteiger partial charge in [-0.25, -0.2) is 4.79 Å². The zero-order chi connectivity index (χ0) is 14.8. The van der Waals surface area contributed by atoms with E-state index in [4.69, 9.17) is 4.74 Å². The largest absolute Gasteiger partial charge is 0.465 e. The molecule has 0 atom stereocenters. The lowest BCUT2D eigenvalue weighted by Gasteiger charge is -2.07. The van der Waals surface area contributed by atoms with E-state index in [9.17, 15) is 4.79 Å². The molecule has 7 nitrogen and oxygen atoms in total. The van der Waals surface area contributed by atoms with Gasteiger partial charge in [0.15, 0.2) is 0 Å². The molecular formula is C12H10BrN5O2S. The maximum Gasteiger partial charge on any atom is 0.368 e. The summed E-state index contributed by atoms with van der Waals surface area (Å²) in [6, 6.07) is 7.38. The second-order valence-electron chi connectivity index (χ2n) is 4.15. The van der Waals surface area contributed by atoms with Crippen molar-refractivity contribution in [1.82, 2.24) is 24.8 Å². The second kappa shape index (κ2) is 5.78. The lowest BCUT2D eigenvalue weighted by atomic mass is 10.2. The zero-order valence-electron chi connectivity index (χ0n) is 10.9. The SMILES string of the molecule is Cn1nnn(-c2ccccc2COc2nc(Br)cs2)c1=O. The Labute approximate surface area is 131 Å². The highest BCUT2D eigenvalue weighted by molar-refractivity contribution is 9.10. The van der Waals surface area contributed by atoms with Crippen LogP contribution in [-0.2, 0) is 13.7 Å². The van der Waals surface area contributed by atoms with Gasteiger partial charge in [0, 0.05) is 18.0 Å². The molecule has 0 aliphatic carbocycles. The molecule has 9 heteroatoms. The van der Waals surface area contributed by atoms with Crippen LogP contribution in [0.25, 0.3) is 5.69 Å². The van der Waals surface area contributed by atoms with Crippen molar-refractivity contribution in [3.05, 3.63) is 50.3 Å². The number of rotatable bonds is 4. The molecule has 0 aliphatic heterocycles. The van der Waals surface area contributed by atoms with Crippen molar-refractivity contribution in [2.75, 3.05) is 0 Å². The molecule has 0 bridgehead atoms. The van der Waals surface area contributed by atoms with Crippen LogP contribution < -0.4 is 10.4 Å². The number of hydrogen-bond acceptors (Lipinski definition) is 6. The minimum Gasteiger partial charge on any atom is -0.465 e. The van der Waals surface area contributed by atoms with Gasteiger partial charge in [-0.1, -0.05) is 29.5 Å². The first kappa shape index (κ1) is 14.0. The first-order valence-electron chi connectivity index (χ1n) is 5.96. The monoisotopic (exact) mass is 367 g/mol. The van der Waals surface area contributed by atoms with Crippen LogP contribution in [0.5, 0.6) is 5.19 Å². The van der Waals surface area contributed by atoms with Crippen molar-refractivity contribution in [3.63, 3.8) is 0 Å². The molecule has 0 N–H and O–H groups in total. The molecule has 3 aromatic rings. The molecule has 0 unspecified atom stereocenters. The van der Waals surface area contributed by atoms with E-state index in [1.54, 1.807) is 13.1 Å². The van der Waals surface area contributed by atoms with Gasteiger partial charge in [-0.2, -0.15) is 14.3 Å². The van der Waals surface area contributed by atoms with Crippen LogP contribution in [0.3, 0.4) is 0 Å². The summed E-state index contributed by atoms with van der Waals surface area (Å²) in [4.78, 5) is 16.1. The van der Waals surface area contributed by atoms with Crippen LogP contribution in [0.1, 0.15) is 5.56 Å². The Kier molecular flexibility index (Phi) is 3.84. The fourth-order valence-electron chi connectivity index (χ4n) is 1.75. The quantitative estimate of drug-likeness (QED) is 0.702. The van der Waals surface area contributed by atoms with Crippen molar-refractivity contribution < 1.29 is 4.74 Å². The van der Waals surface area contributed by atoms with Gasteiger partial charge in [0.05, 0.1) is 5.69 Å². The van der Waals surface area contributed by atoms with Crippen molar-refractivity contribution >= 4 is 27.3 Å². The van der Waals surface area contributed by atoms with Crippen LogP contribution >= 0.6 is 27.3 Å². The summed E-state index contributed by atoms with van der Waals surface area (Å²) < 4.78 is 8.79. The van der Waals surface area contributed by atoms with Gasteiger partial charge in [0.1, 0.15) is 11.2 Å². The molecule has 0 spiro atoms. The Morgan fingerprint density at radius 3 is 2.81 bits per heavy atom. The maximum atomic E-state index is 11.9. The molecule has 0 saturated carbocycles. The Morgan fingerprint density at radius 1 is 1.33 bits per heavy atom. The van der Waals surface area contributed by atoms with E-state index in [0.717, 1.165) is 10.2 Å². The fraction of sp³-hybridized carbons (Fsp3) is 0.167. The standard InChI is InChI=1S/C12H10BrN5O2S/c1-17-12(19)18(16-15-17)9-5-3-2-4-8(9)6-20-11-14-10(13)7-21-11/h2-5,7H,6H2,1H3. The second-order valence-corrected chi connectivity index (χ2v) is 5.78. The molecule has 0 amide bonds. The third-order valence-corrected chi connectivity index (χ3v) is 4.21. The minimum absolute atomic E-state index is 0.291. The first-order valence-corrected chi connectivity index (χ1v) is 7.63. The number of tetrazole rings is 1. The van der Waals surface area contributed by atoms with E-state index in [1.807, 2.05) is 23.6 Å². The fourth-order valence-corrected chi connectivity index (χ4v) is 2.84. The molecule has 0 fully saturated rings. The lowest BCUT2D eigenvalue weighted by Crippen LogP contribution is -2.23. The Hall–Kier alpha value is -2.00. The van der Waals surface area contributed by atoms with E-state index in [2.05, 4.69) is 31.3 Å². The summed E-state index contributed by atoms with van der Waals surface area (Å²) in [6.45, 7) is 0.291. The maximum absolute atomic E-state index is 11.9. The average Bonchev–Trinajstić information content (AvgIpc) is 3.04. The average molecular weight is 368 g/mol. The molecule has 3 rings (SSSR count). The van der Waals surface area contributed by atoms with Gasteiger partial charge in [0.25, 0.3) is 5.19 Å². The Morgan fingerprint density at radius 2 is 2.14 bits per heavy atom. The molecule has 0 radical (unpaired) electrons. The molecule has 108 valence electrons. The number of ether oxygens (including phenoxy) is 1. The molecule has 2 heterocycles. The van der Waals surface area contributed by atoms with E-state index in [0.29, 0.717) is 17.5 Å². The highest BCUT2D eigenvalue weighted by Crippen LogP contribution is 2.23. The Bertz CT molecular complexity index is 825. The van der Waals surface area contributed by atoms with Gasteiger partial charge in [-0.3, -0.25) is 0 Å². The first-order chi connectivity index (χ1) is 10.1. The number of thiazole rings is 1. The third-order valence-electron chi connectivity index (χ3n) is 2.75. The number of benzene rings is 1. The van der Waals surface area contributed by atoms with E-state index >= 15 is 0 Å². The van der Waals surface area contributed by atoms with Gasteiger partial charge in [-0.15, -0.1) is 0 Å². The smallest absolute Gasteiger partial charge is 0.368 e. The predicted molar refractivity (Wildman–Crippen MR) is 80.7 cm³/mol. The zero-order valence-corrected chi connectivity index (χ0v) is 13.3. The number of aryl methyl sites for hydroxylation is 1. The van der Waals surface area contributed by atoms with E-state index in [-0.39, 0.29) is 5.69 Å². The number of halogens is 1. The van der Waals surface area contributed by atoms with E-state index < -0.39 is 0 Å². The minimum atomic E-state index is -0.306. The van der Waals surface area contributed by atoms with Crippen molar-refractivity contribution in [1.29, 1.82) is 0 Å². The van der Waals surface area contributed by atoms with Crippen molar-refractivity contribution in [3.8, 4) is 10.9 Å².